The summed E-state index contributed by atoms with van der Waals surface area (Å²) in [7, 11) is 6.54. The van der Waals surface area contributed by atoms with Crippen LogP contribution in [0.15, 0.2) is 36.4 Å². The van der Waals surface area contributed by atoms with Crippen LogP contribution >= 0.6 is 0 Å². The lowest BCUT2D eigenvalue weighted by molar-refractivity contribution is -0.180. The van der Waals surface area contributed by atoms with Crippen LogP contribution < -0.4 is 18.9 Å². The summed E-state index contributed by atoms with van der Waals surface area (Å²) < 4.78 is 40.8. The van der Waals surface area contributed by atoms with Crippen molar-refractivity contribution in [3.8, 4) is 23.0 Å². The Kier molecular flexibility index (Phi) is 6.25. The van der Waals surface area contributed by atoms with Gasteiger partial charge in [-0.05, 0) is 55.7 Å². The number of methoxy groups -OCH3 is 4. The molecule has 7 heteroatoms. The van der Waals surface area contributed by atoms with Crippen molar-refractivity contribution in [2.45, 2.75) is 37.8 Å². The normalized spacial score (nSPS) is 26.3. The minimum atomic E-state index is -0.696. The molecule has 0 radical (unpaired) electrons. The molecule has 0 aromatic heterocycles. The number of rotatable bonds is 7. The van der Waals surface area contributed by atoms with Crippen molar-refractivity contribution in [1.82, 2.24) is 0 Å². The van der Waals surface area contributed by atoms with E-state index in [9.17, 15) is 0 Å². The van der Waals surface area contributed by atoms with E-state index in [0.29, 0.717) is 36.2 Å². The van der Waals surface area contributed by atoms with Crippen molar-refractivity contribution in [3.63, 3.8) is 0 Å². The topological polar surface area (TPSA) is 64.6 Å². The lowest BCUT2D eigenvalue weighted by atomic mass is 9.80. The van der Waals surface area contributed by atoms with Crippen LogP contribution in [0.1, 0.15) is 31.1 Å². The summed E-state index contributed by atoms with van der Waals surface area (Å²) in [5.41, 5.74) is 1.46. The molecule has 0 bridgehead atoms. The zero-order chi connectivity index (χ0) is 22.9. The first kappa shape index (κ1) is 22.7. The highest BCUT2D eigenvalue weighted by atomic mass is 16.8. The molecular formula is C25H32O7. The molecule has 2 aromatic carbocycles. The third-order valence-electron chi connectivity index (χ3n) is 6.32. The Hall–Kier alpha value is -2.48. The Morgan fingerprint density at radius 1 is 0.844 bits per heavy atom. The number of hydrogen-bond donors (Lipinski definition) is 0. The largest absolute Gasteiger partial charge is 0.493 e. The molecule has 2 aromatic rings. The van der Waals surface area contributed by atoms with Gasteiger partial charge < -0.3 is 33.2 Å². The molecule has 4 rings (SSSR count). The Morgan fingerprint density at radius 3 is 2.06 bits per heavy atom. The summed E-state index contributed by atoms with van der Waals surface area (Å²) in [6.45, 7) is 4.88. The van der Waals surface area contributed by atoms with E-state index < -0.39 is 11.4 Å². The zero-order valence-corrected chi connectivity index (χ0v) is 19.6. The van der Waals surface area contributed by atoms with Gasteiger partial charge in [0.1, 0.15) is 11.7 Å². The number of benzene rings is 2. The molecule has 2 saturated heterocycles. The second kappa shape index (κ2) is 8.81. The van der Waals surface area contributed by atoms with Crippen LogP contribution in [0.5, 0.6) is 23.0 Å². The van der Waals surface area contributed by atoms with E-state index in [-0.39, 0.29) is 12.0 Å². The average molecular weight is 445 g/mol. The smallest absolute Gasteiger partial charge is 0.163 e. The molecule has 0 saturated carbocycles. The first-order valence-corrected chi connectivity index (χ1v) is 10.7. The maximum atomic E-state index is 6.61. The molecular weight excluding hydrogens is 412 g/mol. The second-order valence-corrected chi connectivity index (χ2v) is 8.66. The molecule has 0 aliphatic carbocycles. The summed E-state index contributed by atoms with van der Waals surface area (Å²) >= 11 is 0. The Balaban J connectivity index is 1.68. The van der Waals surface area contributed by atoms with E-state index in [2.05, 4.69) is 6.07 Å². The quantitative estimate of drug-likeness (QED) is 0.635. The van der Waals surface area contributed by atoms with Gasteiger partial charge in [0, 0.05) is 5.92 Å². The molecule has 0 N–H and O–H groups in total. The molecule has 3 atom stereocenters. The van der Waals surface area contributed by atoms with Gasteiger partial charge in [-0.3, -0.25) is 0 Å². The highest BCUT2D eigenvalue weighted by Gasteiger charge is 2.60. The SMILES string of the molecule is COc1ccc(CC2CO[C@@H](c3ccc(OC)c(OC)c3)[C@@]23COC(C)(C)O3)cc1OC. The summed E-state index contributed by atoms with van der Waals surface area (Å²) in [6, 6.07) is 11.9. The molecule has 0 amide bonds. The van der Waals surface area contributed by atoms with Crippen LogP contribution in [-0.4, -0.2) is 53.0 Å². The first-order valence-electron chi connectivity index (χ1n) is 10.7. The van der Waals surface area contributed by atoms with E-state index in [1.165, 1.54) is 0 Å². The van der Waals surface area contributed by atoms with Gasteiger partial charge >= 0.3 is 0 Å². The van der Waals surface area contributed by atoms with Gasteiger partial charge in [-0.25, -0.2) is 0 Å². The molecule has 2 aliphatic heterocycles. The van der Waals surface area contributed by atoms with Crippen LogP contribution in [0.2, 0.25) is 0 Å². The molecule has 174 valence electrons. The van der Waals surface area contributed by atoms with Gasteiger partial charge in [0.15, 0.2) is 28.8 Å². The first-order chi connectivity index (χ1) is 15.4. The van der Waals surface area contributed by atoms with Crippen molar-refractivity contribution in [2.75, 3.05) is 41.7 Å². The monoisotopic (exact) mass is 444 g/mol. The van der Waals surface area contributed by atoms with Gasteiger partial charge in [0.25, 0.3) is 0 Å². The predicted molar refractivity (Wildman–Crippen MR) is 119 cm³/mol. The predicted octanol–water partition coefficient (Wildman–Crippen LogP) is 4.17. The Morgan fingerprint density at radius 2 is 1.47 bits per heavy atom. The number of hydrogen-bond acceptors (Lipinski definition) is 7. The molecule has 1 unspecified atom stereocenters. The summed E-state index contributed by atoms with van der Waals surface area (Å²) in [4.78, 5) is 0. The average Bonchev–Trinajstić information content (AvgIpc) is 3.31. The summed E-state index contributed by atoms with van der Waals surface area (Å²) in [5, 5.41) is 0. The highest BCUT2D eigenvalue weighted by molar-refractivity contribution is 5.45. The van der Waals surface area contributed by atoms with E-state index >= 15 is 0 Å². The highest BCUT2D eigenvalue weighted by Crippen LogP contribution is 2.52. The number of ether oxygens (including phenoxy) is 7. The maximum Gasteiger partial charge on any atom is 0.163 e. The van der Waals surface area contributed by atoms with Gasteiger partial charge in [-0.15, -0.1) is 0 Å². The molecule has 1 spiro atoms. The van der Waals surface area contributed by atoms with Crippen molar-refractivity contribution in [1.29, 1.82) is 0 Å². The van der Waals surface area contributed by atoms with Gasteiger partial charge in [0.2, 0.25) is 0 Å². The maximum absolute atomic E-state index is 6.61. The third kappa shape index (κ3) is 4.00. The van der Waals surface area contributed by atoms with Gasteiger partial charge in [-0.2, -0.15) is 0 Å². The van der Waals surface area contributed by atoms with Gasteiger partial charge in [-0.1, -0.05) is 12.1 Å². The van der Waals surface area contributed by atoms with E-state index in [0.717, 1.165) is 17.5 Å². The fourth-order valence-electron chi connectivity index (χ4n) is 4.76. The fraction of sp³-hybridized carbons (Fsp3) is 0.520. The molecule has 7 nitrogen and oxygen atoms in total. The van der Waals surface area contributed by atoms with E-state index in [1.54, 1.807) is 28.4 Å². The van der Waals surface area contributed by atoms with Crippen LogP contribution in [-0.2, 0) is 20.6 Å². The van der Waals surface area contributed by atoms with Crippen molar-refractivity contribution >= 4 is 0 Å². The zero-order valence-electron chi connectivity index (χ0n) is 19.6. The molecule has 2 heterocycles. The minimum absolute atomic E-state index is 0.0838. The second-order valence-electron chi connectivity index (χ2n) is 8.66. The van der Waals surface area contributed by atoms with Crippen molar-refractivity contribution in [3.05, 3.63) is 47.5 Å². The summed E-state index contributed by atoms with van der Waals surface area (Å²) in [6.07, 6.45) is 0.457. The van der Waals surface area contributed by atoms with E-state index in [1.807, 2.05) is 44.2 Å². The molecule has 2 aliphatic rings. The van der Waals surface area contributed by atoms with Crippen LogP contribution in [0, 0.1) is 5.92 Å². The van der Waals surface area contributed by atoms with Crippen LogP contribution in [0.4, 0.5) is 0 Å². The molecule has 32 heavy (non-hydrogen) atoms. The lowest BCUT2D eigenvalue weighted by Crippen LogP contribution is -2.44. The van der Waals surface area contributed by atoms with Crippen molar-refractivity contribution < 1.29 is 33.2 Å². The van der Waals surface area contributed by atoms with Crippen LogP contribution in [0.25, 0.3) is 0 Å². The Labute approximate surface area is 189 Å². The minimum Gasteiger partial charge on any atom is -0.493 e. The van der Waals surface area contributed by atoms with Gasteiger partial charge in [0.05, 0.1) is 41.7 Å². The Bertz CT molecular complexity index is 957. The lowest BCUT2D eigenvalue weighted by Gasteiger charge is -2.34. The van der Waals surface area contributed by atoms with Crippen molar-refractivity contribution in [2.24, 2.45) is 5.92 Å². The van der Waals surface area contributed by atoms with E-state index in [4.69, 9.17) is 33.2 Å². The third-order valence-corrected chi connectivity index (χ3v) is 6.32. The molecule has 2 fully saturated rings. The standard InChI is InChI=1S/C25H32O7/c1-24(2)31-15-25(32-24)18(11-16-7-9-19(26-3)21(12-16)28-5)14-30-23(25)17-8-10-20(27-4)22(13-17)29-6/h7-10,12-13,18,23H,11,14-15H2,1-6H3/t18?,23-,25+/m0/s1. The fourth-order valence-corrected chi connectivity index (χ4v) is 4.76. The summed E-state index contributed by atoms with van der Waals surface area (Å²) in [5.74, 6) is 2.13. The van der Waals surface area contributed by atoms with Crippen LogP contribution in [0.3, 0.4) is 0 Å².